The van der Waals surface area contributed by atoms with Crippen LogP contribution in [0.3, 0.4) is 0 Å². The first-order chi connectivity index (χ1) is 15.2. The number of ether oxygens (including phenoxy) is 1. The van der Waals surface area contributed by atoms with Gasteiger partial charge in [0.05, 0.1) is 6.21 Å². The Kier molecular flexibility index (Phi) is 7.00. The molecule has 1 saturated heterocycles. The van der Waals surface area contributed by atoms with Crippen molar-refractivity contribution < 1.29 is 4.74 Å². The maximum absolute atomic E-state index is 5.93. The number of benzene rings is 3. The molecular formula is C27H31N3O. The van der Waals surface area contributed by atoms with Crippen LogP contribution >= 0.6 is 0 Å². The molecule has 0 saturated carbocycles. The van der Waals surface area contributed by atoms with Crippen LogP contribution in [0.5, 0.6) is 5.75 Å². The summed E-state index contributed by atoms with van der Waals surface area (Å²) >= 11 is 0. The van der Waals surface area contributed by atoms with E-state index in [4.69, 9.17) is 9.84 Å². The Bertz CT molecular complexity index is 1010. The van der Waals surface area contributed by atoms with Crippen molar-refractivity contribution in [3.63, 3.8) is 0 Å². The van der Waals surface area contributed by atoms with Gasteiger partial charge in [-0.05, 0) is 48.2 Å². The largest absolute Gasteiger partial charge is 0.489 e. The van der Waals surface area contributed by atoms with E-state index in [2.05, 4.69) is 60.2 Å². The van der Waals surface area contributed by atoms with Crippen molar-refractivity contribution in [2.75, 3.05) is 26.2 Å². The highest BCUT2D eigenvalue weighted by molar-refractivity contribution is 5.79. The van der Waals surface area contributed by atoms with Crippen molar-refractivity contribution in [2.24, 2.45) is 5.10 Å². The summed E-state index contributed by atoms with van der Waals surface area (Å²) in [6, 6.07) is 25.1. The minimum atomic E-state index is 0.573. The van der Waals surface area contributed by atoms with Crippen molar-refractivity contribution in [1.82, 2.24) is 9.91 Å². The van der Waals surface area contributed by atoms with Crippen molar-refractivity contribution in [3.05, 3.63) is 101 Å². The number of nitrogens with zero attached hydrogens (tertiary/aromatic N) is 3. The summed E-state index contributed by atoms with van der Waals surface area (Å²) in [5, 5.41) is 6.87. The molecule has 3 aromatic rings. The Hall–Kier alpha value is -3.11. The monoisotopic (exact) mass is 413 g/mol. The SMILES string of the molecule is Cc1ccc(CN2CCN(/N=C/c3cccc(OCc4ccccc4)c3)CC2)c(C)c1. The van der Waals surface area contributed by atoms with Gasteiger partial charge in [-0.15, -0.1) is 0 Å². The number of aryl methyl sites for hydroxylation is 2. The van der Waals surface area contributed by atoms with Gasteiger partial charge in [0.1, 0.15) is 12.4 Å². The maximum atomic E-state index is 5.93. The number of hydrogen-bond acceptors (Lipinski definition) is 4. The van der Waals surface area contributed by atoms with Crippen LogP contribution in [0.15, 0.2) is 77.9 Å². The fourth-order valence-corrected chi connectivity index (χ4v) is 3.85. The molecule has 0 spiro atoms. The predicted molar refractivity (Wildman–Crippen MR) is 128 cm³/mol. The van der Waals surface area contributed by atoms with E-state index in [-0.39, 0.29) is 0 Å². The number of rotatable bonds is 7. The second kappa shape index (κ2) is 10.3. The first kappa shape index (κ1) is 21.1. The van der Waals surface area contributed by atoms with Gasteiger partial charge in [0.2, 0.25) is 0 Å². The number of hydrogen-bond donors (Lipinski definition) is 0. The summed E-state index contributed by atoms with van der Waals surface area (Å²) in [7, 11) is 0. The van der Waals surface area contributed by atoms with Crippen molar-refractivity contribution in [3.8, 4) is 5.75 Å². The highest BCUT2D eigenvalue weighted by atomic mass is 16.5. The summed E-state index contributed by atoms with van der Waals surface area (Å²) in [5.74, 6) is 0.867. The molecule has 3 aromatic carbocycles. The average molecular weight is 414 g/mol. The average Bonchev–Trinajstić information content (AvgIpc) is 2.80. The third-order valence-electron chi connectivity index (χ3n) is 5.72. The minimum Gasteiger partial charge on any atom is -0.489 e. The summed E-state index contributed by atoms with van der Waals surface area (Å²) in [4.78, 5) is 2.52. The smallest absolute Gasteiger partial charge is 0.120 e. The molecule has 0 unspecified atom stereocenters. The molecular weight excluding hydrogens is 382 g/mol. The third kappa shape index (κ3) is 6.19. The lowest BCUT2D eigenvalue weighted by Crippen LogP contribution is -2.43. The first-order valence-electron chi connectivity index (χ1n) is 11.0. The molecule has 1 aliphatic heterocycles. The molecule has 0 radical (unpaired) electrons. The van der Waals surface area contributed by atoms with E-state index in [0.29, 0.717) is 6.61 Å². The van der Waals surface area contributed by atoms with Gasteiger partial charge in [-0.25, -0.2) is 0 Å². The second-order valence-electron chi connectivity index (χ2n) is 8.25. The Balaban J connectivity index is 1.27. The first-order valence-corrected chi connectivity index (χ1v) is 11.0. The Morgan fingerprint density at radius 1 is 0.871 bits per heavy atom. The van der Waals surface area contributed by atoms with Crippen LogP contribution in [-0.2, 0) is 13.2 Å². The van der Waals surface area contributed by atoms with Gasteiger partial charge >= 0.3 is 0 Å². The maximum Gasteiger partial charge on any atom is 0.120 e. The summed E-state index contributed by atoms with van der Waals surface area (Å²) < 4.78 is 5.93. The standard InChI is InChI=1S/C27H31N3O/c1-22-11-12-26(23(2)17-22)20-29-13-15-30(16-14-29)28-19-25-9-6-10-27(18-25)31-21-24-7-4-3-5-8-24/h3-12,17-19H,13-16,20-21H2,1-2H3/b28-19+. The van der Waals surface area contributed by atoms with E-state index in [1.54, 1.807) is 0 Å². The lowest BCUT2D eigenvalue weighted by molar-refractivity contribution is 0.131. The zero-order valence-corrected chi connectivity index (χ0v) is 18.5. The van der Waals surface area contributed by atoms with Crippen LogP contribution in [0.4, 0.5) is 0 Å². The molecule has 0 aliphatic carbocycles. The number of hydrazone groups is 1. The number of piperazine rings is 1. The van der Waals surface area contributed by atoms with E-state index in [1.807, 2.05) is 42.6 Å². The highest BCUT2D eigenvalue weighted by Gasteiger charge is 2.16. The van der Waals surface area contributed by atoms with Gasteiger partial charge in [0.15, 0.2) is 0 Å². The third-order valence-corrected chi connectivity index (χ3v) is 5.72. The van der Waals surface area contributed by atoms with Crippen LogP contribution in [0.1, 0.15) is 27.8 Å². The molecule has 4 rings (SSSR count). The molecule has 0 aromatic heterocycles. The lowest BCUT2D eigenvalue weighted by atomic mass is 10.1. The quantitative estimate of drug-likeness (QED) is 0.508. The van der Waals surface area contributed by atoms with Crippen LogP contribution < -0.4 is 4.74 Å². The van der Waals surface area contributed by atoms with E-state index in [0.717, 1.165) is 44.0 Å². The minimum absolute atomic E-state index is 0.573. The summed E-state index contributed by atoms with van der Waals surface area (Å²) in [6.45, 7) is 9.92. The van der Waals surface area contributed by atoms with E-state index in [1.165, 1.54) is 22.3 Å². The van der Waals surface area contributed by atoms with Gasteiger partial charge in [0, 0.05) is 32.7 Å². The van der Waals surface area contributed by atoms with Gasteiger partial charge in [-0.1, -0.05) is 66.2 Å². The zero-order chi connectivity index (χ0) is 21.5. The molecule has 160 valence electrons. The Morgan fingerprint density at radius 2 is 1.68 bits per heavy atom. The van der Waals surface area contributed by atoms with Gasteiger partial charge < -0.3 is 4.74 Å². The lowest BCUT2D eigenvalue weighted by Gasteiger charge is -2.33. The Labute approximate surface area is 185 Å². The predicted octanol–water partition coefficient (Wildman–Crippen LogP) is 5.03. The van der Waals surface area contributed by atoms with E-state index >= 15 is 0 Å². The fourth-order valence-electron chi connectivity index (χ4n) is 3.85. The molecule has 0 atom stereocenters. The summed E-state index contributed by atoms with van der Waals surface area (Å²) in [5.41, 5.74) is 6.36. The van der Waals surface area contributed by atoms with Crippen LogP contribution in [-0.4, -0.2) is 42.3 Å². The van der Waals surface area contributed by atoms with Gasteiger partial charge in [-0.2, -0.15) is 5.10 Å². The molecule has 1 fully saturated rings. The topological polar surface area (TPSA) is 28.1 Å². The molecule has 1 aliphatic rings. The van der Waals surface area contributed by atoms with Crippen LogP contribution in [0.2, 0.25) is 0 Å². The fraction of sp³-hybridized carbons (Fsp3) is 0.296. The van der Waals surface area contributed by atoms with Crippen LogP contribution in [0.25, 0.3) is 0 Å². The molecule has 0 N–H and O–H groups in total. The molecule has 1 heterocycles. The van der Waals surface area contributed by atoms with E-state index < -0.39 is 0 Å². The van der Waals surface area contributed by atoms with E-state index in [9.17, 15) is 0 Å². The highest BCUT2D eigenvalue weighted by Crippen LogP contribution is 2.16. The van der Waals surface area contributed by atoms with Crippen molar-refractivity contribution in [2.45, 2.75) is 27.0 Å². The van der Waals surface area contributed by atoms with Gasteiger partial charge in [0.25, 0.3) is 0 Å². The molecule has 4 heteroatoms. The summed E-state index contributed by atoms with van der Waals surface area (Å²) in [6.07, 6.45) is 1.94. The molecule has 0 bridgehead atoms. The molecule has 0 amide bonds. The second-order valence-corrected chi connectivity index (χ2v) is 8.25. The van der Waals surface area contributed by atoms with Gasteiger partial charge in [-0.3, -0.25) is 9.91 Å². The molecule has 31 heavy (non-hydrogen) atoms. The van der Waals surface area contributed by atoms with Crippen LogP contribution in [0, 0.1) is 13.8 Å². The van der Waals surface area contributed by atoms with Crippen molar-refractivity contribution >= 4 is 6.21 Å². The van der Waals surface area contributed by atoms with Crippen molar-refractivity contribution in [1.29, 1.82) is 0 Å². The molecule has 4 nitrogen and oxygen atoms in total. The normalized spacial score (nSPS) is 14.8. The zero-order valence-electron chi connectivity index (χ0n) is 18.5. The Morgan fingerprint density at radius 3 is 2.45 bits per heavy atom.